The number of carboxylic acid groups (broad SMARTS) is 1. The van der Waals surface area contributed by atoms with Gasteiger partial charge in [0.05, 0.1) is 10.5 Å². The first-order valence-electron chi connectivity index (χ1n) is 10.5. The summed E-state index contributed by atoms with van der Waals surface area (Å²) in [4.78, 5) is 11.2. The fraction of sp³-hybridized carbons (Fsp3) is 0.0800. The fourth-order valence-electron chi connectivity index (χ4n) is 3.40. The molecule has 7 nitrogen and oxygen atoms in total. The van der Waals surface area contributed by atoms with Crippen molar-refractivity contribution in [1.29, 1.82) is 0 Å². The summed E-state index contributed by atoms with van der Waals surface area (Å²) in [5, 5.41) is 9.11. The lowest BCUT2D eigenvalue weighted by Gasteiger charge is -2.08. The third-order valence-electron chi connectivity index (χ3n) is 5.22. The minimum Gasteiger partial charge on any atom is -0.478 e. The van der Waals surface area contributed by atoms with E-state index >= 15 is 0 Å². The van der Waals surface area contributed by atoms with Crippen LogP contribution in [0.15, 0.2) is 104 Å². The number of thiophene rings is 1. The Kier molecular flexibility index (Phi) is 7.06. The van der Waals surface area contributed by atoms with Crippen LogP contribution in [-0.2, 0) is 32.7 Å². The highest BCUT2D eigenvalue weighted by Gasteiger charge is 2.24. The number of nitrogens with one attached hydrogen (secondary N) is 1. The first-order valence-corrected chi connectivity index (χ1v) is 14.3. The number of rotatable bonds is 9. The molecule has 4 aromatic rings. The zero-order valence-electron chi connectivity index (χ0n) is 18.3. The fourth-order valence-corrected chi connectivity index (χ4v) is 7.65. The van der Waals surface area contributed by atoms with E-state index in [4.69, 9.17) is 5.11 Å². The molecule has 3 aromatic carbocycles. The van der Waals surface area contributed by atoms with Crippen molar-refractivity contribution in [1.82, 2.24) is 0 Å². The van der Waals surface area contributed by atoms with E-state index < -0.39 is 25.8 Å². The van der Waals surface area contributed by atoms with Gasteiger partial charge in [0, 0.05) is 5.69 Å². The quantitative estimate of drug-likeness (QED) is 0.321. The Bertz CT molecular complexity index is 1560. The summed E-state index contributed by atoms with van der Waals surface area (Å²) in [6.45, 7) is 0. The Morgan fingerprint density at radius 1 is 0.743 bits per heavy atom. The molecule has 0 aliphatic rings. The van der Waals surface area contributed by atoms with Crippen LogP contribution in [0.5, 0.6) is 0 Å². The van der Waals surface area contributed by atoms with Crippen molar-refractivity contribution in [3.05, 3.63) is 108 Å². The van der Waals surface area contributed by atoms with Crippen LogP contribution in [0.1, 0.15) is 21.5 Å². The van der Waals surface area contributed by atoms with Gasteiger partial charge in [-0.1, -0.05) is 42.5 Å². The molecule has 0 saturated carbocycles. The van der Waals surface area contributed by atoms with Crippen molar-refractivity contribution in [2.75, 3.05) is 4.72 Å². The second-order valence-electron chi connectivity index (χ2n) is 7.70. The van der Waals surface area contributed by atoms with Gasteiger partial charge in [-0.15, -0.1) is 11.3 Å². The van der Waals surface area contributed by atoms with Gasteiger partial charge in [0.15, 0.2) is 0 Å². The van der Waals surface area contributed by atoms with Gasteiger partial charge < -0.3 is 5.11 Å². The maximum atomic E-state index is 12.8. The number of benzene rings is 3. The normalized spacial score (nSPS) is 11.8. The van der Waals surface area contributed by atoms with E-state index in [1.807, 2.05) is 6.07 Å². The molecule has 0 unspecified atom stereocenters. The van der Waals surface area contributed by atoms with Gasteiger partial charge in [-0.05, 0) is 72.5 Å². The second kappa shape index (κ2) is 10.0. The molecule has 0 amide bonds. The molecule has 1 aromatic heterocycles. The number of sulfone groups is 1. The zero-order chi connectivity index (χ0) is 25.1. The molecule has 1 heterocycles. The third kappa shape index (κ3) is 5.79. The lowest BCUT2D eigenvalue weighted by molar-refractivity contribution is 0.0696. The zero-order valence-corrected chi connectivity index (χ0v) is 20.7. The summed E-state index contributed by atoms with van der Waals surface area (Å²) in [6.07, 6.45) is 1.29. The van der Waals surface area contributed by atoms with Crippen LogP contribution in [0, 0.1) is 0 Å². The molecule has 10 heteroatoms. The highest BCUT2D eigenvalue weighted by molar-refractivity contribution is 7.96. The predicted octanol–water partition coefficient (Wildman–Crippen LogP) is 4.87. The van der Waals surface area contributed by atoms with Gasteiger partial charge in [0.1, 0.15) is 8.42 Å². The van der Waals surface area contributed by atoms with Gasteiger partial charge in [0.25, 0.3) is 10.0 Å². The Labute approximate surface area is 207 Å². The number of aromatic carboxylic acids is 1. The van der Waals surface area contributed by atoms with Crippen molar-refractivity contribution in [3.63, 3.8) is 0 Å². The summed E-state index contributed by atoms with van der Waals surface area (Å²) >= 11 is 0.693. The van der Waals surface area contributed by atoms with Gasteiger partial charge >= 0.3 is 5.97 Å². The minimum absolute atomic E-state index is 0.0496. The molecule has 0 aliphatic heterocycles. The van der Waals surface area contributed by atoms with Gasteiger partial charge in [0.2, 0.25) is 9.84 Å². The van der Waals surface area contributed by atoms with E-state index in [9.17, 15) is 21.6 Å². The number of hydrogen-bond donors (Lipinski definition) is 2. The van der Waals surface area contributed by atoms with E-state index in [0.717, 1.165) is 11.1 Å². The molecule has 0 fully saturated rings. The third-order valence-corrected chi connectivity index (χ3v) is 10.4. The highest BCUT2D eigenvalue weighted by atomic mass is 32.3. The lowest BCUT2D eigenvalue weighted by Crippen LogP contribution is -2.11. The summed E-state index contributed by atoms with van der Waals surface area (Å²) in [6, 6.07) is 24.0. The molecular weight excluding hydrogens is 506 g/mol. The first kappa shape index (κ1) is 24.6. The Morgan fingerprint density at radius 3 is 2.09 bits per heavy atom. The second-order valence-corrected chi connectivity index (χ2v) is 12.9. The maximum absolute atomic E-state index is 12.8. The predicted molar refractivity (Wildman–Crippen MR) is 134 cm³/mol. The first-order chi connectivity index (χ1) is 16.6. The summed E-state index contributed by atoms with van der Waals surface area (Å²) < 4.78 is 53.5. The number of anilines is 1. The highest BCUT2D eigenvalue weighted by Crippen LogP contribution is 2.31. The van der Waals surface area contributed by atoms with Gasteiger partial charge in [-0.25, -0.2) is 21.6 Å². The van der Waals surface area contributed by atoms with Crippen LogP contribution < -0.4 is 4.72 Å². The SMILES string of the molecule is O=C(O)c1cccc(CCc2ccc(NS(=O)(=O)c3ccc(S(=O)(=O)c4ccccc4)s3)cc2)c1. The van der Waals surface area contributed by atoms with Crippen LogP contribution in [0.4, 0.5) is 5.69 Å². The summed E-state index contributed by atoms with van der Waals surface area (Å²) in [5.41, 5.74) is 2.44. The standard InChI is InChI=1S/C25H21NO6S3/c27-25(28)20-6-4-5-19(17-20)10-9-18-11-13-21(14-12-18)26-35(31,32)24-16-15-23(33-24)34(29,30)22-7-2-1-3-8-22/h1-8,11-17,26H,9-10H2,(H,27,28). The number of aryl methyl sites for hydroxylation is 2. The number of sulfonamides is 1. The molecule has 0 saturated heterocycles. The molecule has 0 spiro atoms. The van der Waals surface area contributed by atoms with Gasteiger partial charge in [-0.3, -0.25) is 4.72 Å². The molecular formula is C25H21NO6S3. The van der Waals surface area contributed by atoms with Crippen LogP contribution in [0.2, 0.25) is 0 Å². The molecule has 0 radical (unpaired) electrons. The average Bonchev–Trinajstić information content (AvgIpc) is 3.37. The smallest absolute Gasteiger partial charge is 0.335 e. The molecule has 0 atom stereocenters. The molecule has 4 rings (SSSR count). The van der Waals surface area contributed by atoms with Crippen LogP contribution >= 0.6 is 11.3 Å². The van der Waals surface area contributed by atoms with E-state index in [1.165, 1.54) is 24.3 Å². The van der Waals surface area contributed by atoms with E-state index in [1.54, 1.807) is 60.7 Å². The Balaban J connectivity index is 1.43. The van der Waals surface area contributed by atoms with Crippen LogP contribution in [-0.4, -0.2) is 27.9 Å². The minimum atomic E-state index is -3.97. The van der Waals surface area contributed by atoms with Crippen molar-refractivity contribution in [2.24, 2.45) is 0 Å². The molecule has 0 bridgehead atoms. The number of carbonyl (C=O) groups is 1. The molecule has 35 heavy (non-hydrogen) atoms. The summed E-state index contributed by atoms with van der Waals surface area (Å²) in [5.74, 6) is -0.973. The topological polar surface area (TPSA) is 118 Å². The number of hydrogen-bond acceptors (Lipinski definition) is 6. The lowest BCUT2D eigenvalue weighted by atomic mass is 10.0. The van der Waals surface area contributed by atoms with Crippen LogP contribution in [0.3, 0.4) is 0 Å². The molecule has 180 valence electrons. The largest absolute Gasteiger partial charge is 0.478 e. The maximum Gasteiger partial charge on any atom is 0.335 e. The van der Waals surface area contributed by atoms with Crippen molar-refractivity contribution in [2.45, 2.75) is 26.2 Å². The van der Waals surface area contributed by atoms with E-state index in [2.05, 4.69) is 4.72 Å². The van der Waals surface area contributed by atoms with Crippen molar-refractivity contribution < 1.29 is 26.7 Å². The van der Waals surface area contributed by atoms with Crippen molar-refractivity contribution in [3.8, 4) is 0 Å². The van der Waals surface area contributed by atoms with Gasteiger partial charge in [-0.2, -0.15) is 0 Å². The molecule has 2 N–H and O–H groups in total. The monoisotopic (exact) mass is 527 g/mol. The summed E-state index contributed by atoms with van der Waals surface area (Å²) in [7, 11) is -7.77. The van der Waals surface area contributed by atoms with Crippen molar-refractivity contribution >= 4 is 42.9 Å². The molecule has 0 aliphatic carbocycles. The Hall–Kier alpha value is -3.47. The van der Waals surface area contributed by atoms with E-state index in [-0.39, 0.29) is 18.9 Å². The van der Waals surface area contributed by atoms with E-state index in [0.29, 0.717) is 29.9 Å². The van der Waals surface area contributed by atoms with Crippen LogP contribution in [0.25, 0.3) is 0 Å². The average molecular weight is 528 g/mol. The number of carboxylic acids is 1. The Morgan fingerprint density at radius 2 is 1.40 bits per heavy atom.